The summed E-state index contributed by atoms with van der Waals surface area (Å²) in [4.78, 5) is 4.23. The molecule has 0 aromatic carbocycles. The van der Waals surface area contributed by atoms with Crippen molar-refractivity contribution in [1.29, 1.82) is 0 Å². The summed E-state index contributed by atoms with van der Waals surface area (Å²) >= 11 is 2.30. The minimum absolute atomic E-state index is 0.0267. The first kappa shape index (κ1) is 14.1. The molecule has 0 saturated heterocycles. The Balaban J connectivity index is 2.20. The fraction of sp³-hybridized carbons (Fsp3) is 0.583. The molecule has 0 spiro atoms. The van der Waals surface area contributed by atoms with Crippen molar-refractivity contribution in [1.82, 2.24) is 9.71 Å². The minimum atomic E-state index is -1.10. The number of hydrogen-bond acceptors (Lipinski definition) is 4. The van der Waals surface area contributed by atoms with Crippen molar-refractivity contribution in [3.63, 3.8) is 0 Å². The van der Waals surface area contributed by atoms with Crippen LogP contribution in [0.2, 0.25) is 0 Å². The Morgan fingerprint density at radius 3 is 2.94 bits per heavy atom. The molecule has 100 valence electrons. The number of rotatable bonds is 2. The number of aromatic nitrogens is 1. The molecule has 2 atom stereocenters. The smallest absolute Gasteiger partial charge is 0.218 e. The quantitative estimate of drug-likeness (QED) is 0.846. The summed E-state index contributed by atoms with van der Waals surface area (Å²) in [5.41, 5.74) is 0.966. The van der Waals surface area contributed by atoms with E-state index in [2.05, 4.69) is 25.6 Å². The highest BCUT2D eigenvalue weighted by molar-refractivity contribution is 9.10. The lowest BCUT2D eigenvalue weighted by Gasteiger charge is -2.30. The van der Waals surface area contributed by atoms with Gasteiger partial charge in [0.1, 0.15) is 4.75 Å². The number of ether oxygens (including phenoxy) is 1. The van der Waals surface area contributed by atoms with Gasteiger partial charge in [-0.3, -0.25) is 0 Å². The van der Waals surface area contributed by atoms with Crippen LogP contribution in [0, 0.1) is 0 Å². The van der Waals surface area contributed by atoms with Crippen molar-refractivity contribution in [2.75, 3.05) is 6.61 Å². The standard InChI is InChI=1S/C12H17BrN2O2S/c1-12(2,3)18(16)15-10-4-5-17-11-9(10)6-8(13)7-14-11/h6-7,10,15H,4-5H2,1-3H3/t10-,18+/m0/s1. The minimum Gasteiger partial charge on any atom is -0.598 e. The van der Waals surface area contributed by atoms with Gasteiger partial charge in [0.2, 0.25) is 5.88 Å². The van der Waals surface area contributed by atoms with Crippen molar-refractivity contribution < 1.29 is 9.29 Å². The zero-order valence-electron chi connectivity index (χ0n) is 10.7. The van der Waals surface area contributed by atoms with Crippen LogP contribution in [0.25, 0.3) is 0 Å². The lowest BCUT2D eigenvalue weighted by atomic mass is 10.1. The Morgan fingerprint density at radius 1 is 1.56 bits per heavy atom. The number of nitrogens with one attached hydrogen (secondary N) is 1. The van der Waals surface area contributed by atoms with Gasteiger partial charge in [-0.05, 0) is 42.8 Å². The first-order chi connectivity index (χ1) is 8.38. The van der Waals surface area contributed by atoms with Crippen molar-refractivity contribution in [3.05, 3.63) is 22.3 Å². The van der Waals surface area contributed by atoms with Crippen LogP contribution >= 0.6 is 15.9 Å². The third-order valence-electron chi connectivity index (χ3n) is 2.67. The van der Waals surface area contributed by atoms with Crippen LogP contribution in [-0.4, -0.2) is 20.9 Å². The highest BCUT2D eigenvalue weighted by atomic mass is 79.9. The Morgan fingerprint density at radius 2 is 2.28 bits per heavy atom. The topological polar surface area (TPSA) is 57.2 Å². The van der Waals surface area contributed by atoms with Crippen molar-refractivity contribution in [2.45, 2.75) is 38.0 Å². The van der Waals surface area contributed by atoms with E-state index in [0.717, 1.165) is 16.5 Å². The molecule has 0 radical (unpaired) electrons. The normalized spacial score (nSPS) is 21.1. The zero-order valence-corrected chi connectivity index (χ0v) is 13.1. The lowest BCUT2D eigenvalue weighted by Crippen LogP contribution is -2.42. The summed E-state index contributed by atoms with van der Waals surface area (Å²) in [5, 5.41) is 0. The van der Waals surface area contributed by atoms with E-state index < -0.39 is 11.4 Å². The van der Waals surface area contributed by atoms with Gasteiger partial charge in [0.25, 0.3) is 0 Å². The average Bonchev–Trinajstić information content (AvgIpc) is 2.28. The average molecular weight is 333 g/mol. The fourth-order valence-electron chi connectivity index (χ4n) is 1.67. The van der Waals surface area contributed by atoms with Crippen LogP contribution in [0.5, 0.6) is 5.88 Å². The zero-order chi connectivity index (χ0) is 13.3. The monoisotopic (exact) mass is 332 g/mol. The number of hydrogen-bond donors (Lipinski definition) is 1. The molecule has 2 rings (SSSR count). The molecule has 1 aromatic rings. The van der Waals surface area contributed by atoms with Gasteiger partial charge in [0, 0.05) is 34.0 Å². The summed E-state index contributed by atoms with van der Waals surface area (Å²) in [7, 11) is 0. The second-order valence-corrected chi connectivity index (χ2v) is 8.15. The van der Waals surface area contributed by atoms with Crippen LogP contribution in [0.4, 0.5) is 0 Å². The third-order valence-corrected chi connectivity index (χ3v) is 4.72. The molecule has 1 aliphatic rings. The highest BCUT2D eigenvalue weighted by Crippen LogP contribution is 2.33. The van der Waals surface area contributed by atoms with E-state index in [1.54, 1.807) is 6.20 Å². The van der Waals surface area contributed by atoms with E-state index in [9.17, 15) is 4.55 Å². The number of fused-ring (bicyclic) bond motifs is 1. The van der Waals surface area contributed by atoms with E-state index in [1.165, 1.54) is 0 Å². The van der Waals surface area contributed by atoms with Crippen molar-refractivity contribution >= 4 is 27.3 Å². The predicted octanol–water partition coefficient (Wildman–Crippen LogP) is 2.72. The fourth-order valence-corrected chi connectivity index (χ4v) is 2.88. The highest BCUT2D eigenvalue weighted by Gasteiger charge is 2.32. The molecule has 4 nitrogen and oxygen atoms in total. The molecule has 6 heteroatoms. The van der Waals surface area contributed by atoms with E-state index >= 15 is 0 Å². The molecule has 1 N–H and O–H groups in total. The maximum Gasteiger partial charge on any atom is 0.218 e. The van der Waals surface area contributed by atoms with Gasteiger partial charge >= 0.3 is 0 Å². The van der Waals surface area contributed by atoms with Gasteiger partial charge in [0.05, 0.1) is 12.6 Å². The summed E-state index contributed by atoms with van der Waals surface area (Å²) < 4.78 is 21.5. The summed E-state index contributed by atoms with van der Waals surface area (Å²) in [6.45, 7) is 6.46. The molecule has 0 bridgehead atoms. The van der Waals surface area contributed by atoms with Gasteiger partial charge in [-0.25, -0.2) is 4.98 Å². The molecule has 2 heterocycles. The summed E-state index contributed by atoms with van der Waals surface area (Å²) in [6.07, 6.45) is 2.51. The predicted molar refractivity (Wildman–Crippen MR) is 75.8 cm³/mol. The van der Waals surface area contributed by atoms with Gasteiger partial charge in [-0.2, -0.15) is 0 Å². The Kier molecular flexibility index (Phi) is 4.21. The van der Waals surface area contributed by atoms with Crippen LogP contribution in [0.1, 0.15) is 38.8 Å². The van der Waals surface area contributed by atoms with E-state index in [-0.39, 0.29) is 10.8 Å². The van der Waals surface area contributed by atoms with Crippen LogP contribution in [0.3, 0.4) is 0 Å². The van der Waals surface area contributed by atoms with E-state index in [1.807, 2.05) is 26.8 Å². The Labute approximate surface area is 119 Å². The number of halogens is 1. The molecule has 1 aliphatic heterocycles. The summed E-state index contributed by atoms with van der Waals surface area (Å²) in [5.74, 6) is 0.632. The first-order valence-electron chi connectivity index (χ1n) is 5.84. The van der Waals surface area contributed by atoms with Crippen molar-refractivity contribution in [2.24, 2.45) is 0 Å². The molecule has 1 aromatic heterocycles. The summed E-state index contributed by atoms with van der Waals surface area (Å²) in [6, 6.07) is 2.00. The van der Waals surface area contributed by atoms with Crippen LogP contribution < -0.4 is 9.46 Å². The lowest BCUT2D eigenvalue weighted by molar-refractivity contribution is 0.251. The Bertz CT molecular complexity index is 437. The molecular formula is C12H17BrN2O2S. The number of pyridine rings is 1. The van der Waals surface area contributed by atoms with E-state index in [4.69, 9.17) is 4.74 Å². The molecule has 0 saturated carbocycles. The Hall–Kier alpha value is -0.300. The second-order valence-electron chi connectivity index (χ2n) is 5.24. The maximum absolute atomic E-state index is 12.2. The molecule has 0 amide bonds. The van der Waals surface area contributed by atoms with Crippen LogP contribution in [0.15, 0.2) is 16.7 Å². The van der Waals surface area contributed by atoms with Crippen molar-refractivity contribution in [3.8, 4) is 5.88 Å². The van der Waals surface area contributed by atoms with Gasteiger partial charge in [-0.15, -0.1) is 4.72 Å². The molecule has 18 heavy (non-hydrogen) atoms. The largest absolute Gasteiger partial charge is 0.598 e. The molecule has 0 unspecified atom stereocenters. The second kappa shape index (κ2) is 5.36. The number of nitrogens with zero attached hydrogens (tertiary/aromatic N) is 1. The first-order valence-corrected chi connectivity index (χ1v) is 7.78. The molecule has 0 fully saturated rings. The van der Waals surface area contributed by atoms with Gasteiger partial charge in [-0.1, -0.05) is 0 Å². The van der Waals surface area contributed by atoms with E-state index in [0.29, 0.717) is 12.5 Å². The SMILES string of the molecule is CC(C)(C)[S@@+]([O-])N[C@H]1CCOc2ncc(Br)cc21. The van der Waals surface area contributed by atoms with Crippen LogP contribution in [-0.2, 0) is 11.4 Å². The van der Waals surface area contributed by atoms with Gasteiger partial charge < -0.3 is 9.29 Å². The molecule has 0 aliphatic carbocycles. The third kappa shape index (κ3) is 3.17. The van der Waals surface area contributed by atoms with Gasteiger partial charge in [0.15, 0.2) is 0 Å². The maximum atomic E-state index is 12.2. The molecular weight excluding hydrogens is 316 g/mol.